The van der Waals surface area contributed by atoms with Crippen LogP contribution in [0.4, 0.5) is 5.82 Å². The lowest BCUT2D eigenvalue weighted by Gasteiger charge is -2.41. The van der Waals surface area contributed by atoms with E-state index in [0.717, 1.165) is 42.5 Å². The fraction of sp³-hybridized carbons (Fsp3) is 0.429. The predicted octanol–water partition coefficient (Wildman–Crippen LogP) is 2.43. The molecule has 1 amide bonds. The van der Waals surface area contributed by atoms with Gasteiger partial charge in [0.15, 0.2) is 0 Å². The second-order valence-corrected chi connectivity index (χ2v) is 6.52. The molecule has 6 heteroatoms. The molecular formula is C14H16ClN3OS. The van der Waals surface area contributed by atoms with Gasteiger partial charge in [0.1, 0.15) is 5.82 Å². The van der Waals surface area contributed by atoms with Gasteiger partial charge in [-0.2, -0.15) is 0 Å². The highest BCUT2D eigenvalue weighted by Gasteiger charge is 2.32. The molecule has 2 aliphatic rings. The van der Waals surface area contributed by atoms with Gasteiger partial charge < -0.3 is 9.80 Å². The third-order valence-corrected chi connectivity index (χ3v) is 5.01. The number of hydrogen-bond acceptors (Lipinski definition) is 4. The first-order valence-electron chi connectivity index (χ1n) is 6.65. The van der Waals surface area contributed by atoms with Crippen molar-refractivity contribution >= 4 is 35.1 Å². The first-order chi connectivity index (χ1) is 9.69. The molecule has 0 spiro atoms. The van der Waals surface area contributed by atoms with Gasteiger partial charge in [0.2, 0.25) is 5.91 Å². The van der Waals surface area contributed by atoms with Crippen LogP contribution in [0.15, 0.2) is 29.8 Å². The van der Waals surface area contributed by atoms with Crippen LogP contribution < -0.4 is 4.90 Å². The van der Waals surface area contributed by atoms with Crippen molar-refractivity contribution in [3.05, 3.63) is 29.9 Å². The SMILES string of the molecule is C=CC(=O)N1CCN2c3ncc(Cl)cc3SCCC2C1. The molecule has 1 atom stereocenters. The molecule has 3 heterocycles. The maximum Gasteiger partial charge on any atom is 0.246 e. The summed E-state index contributed by atoms with van der Waals surface area (Å²) in [6.07, 6.45) is 4.14. The number of hydrogen-bond donors (Lipinski definition) is 0. The third-order valence-electron chi connectivity index (χ3n) is 3.75. The number of pyridine rings is 1. The molecule has 0 saturated carbocycles. The Balaban J connectivity index is 1.87. The molecule has 0 N–H and O–H groups in total. The van der Waals surface area contributed by atoms with Gasteiger partial charge in [-0.05, 0) is 18.6 Å². The van der Waals surface area contributed by atoms with E-state index in [2.05, 4.69) is 16.5 Å². The minimum atomic E-state index is 0.0193. The summed E-state index contributed by atoms with van der Waals surface area (Å²) in [6.45, 7) is 5.84. The highest BCUT2D eigenvalue weighted by molar-refractivity contribution is 7.99. The summed E-state index contributed by atoms with van der Waals surface area (Å²) in [7, 11) is 0. The van der Waals surface area contributed by atoms with E-state index in [0.29, 0.717) is 11.1 Å². The van der Waals surface area contributed by atoms with Crippen LogP contribution in [0, 0.1) is 0 Å². The van der Waals surface area contributed by atoms with Gasteiger partial charge in [-0.25, -0.2) is 4.98 Å². The molecule has 1 fully saturated rings. The van der Waals surface area contributed by atoms with Crippen molar-refractivity contribution < 1.29 is 4.79 Å². The first-order valence-corrected chi connectivity index (χ1v) is 8.01. The zero-order valence-electron chi connectivity index (χ0n) is 11.1. The number of halogens is 1. The van der Waals surface area contributed by atoms with Gasteiger partial charge >= 0.3 is 0 Å². The molecule has 0 aliphatic carbocycles. The molecule has 0 bridgehead atoms. The molecule has 106 valence electrons. The third kappa shape index (κ3) is 2.52. The summed E-state index contributed by atoms with van der Waals surface area (Å²) in [5.74, 6) is 2.05. The maximum absolute atomic E-state index is 11.8. The highest BCUT2D eigenvalue weighted by atomic mass is 35.5. The molecule has 4 nitrogen and oxygen atoms in total. The van der Waals surface area contributed by atoms with Gasteiger partial charge in [-0.15, -0.1) is 11.8 Å². The number of nitrogens with zero attached hydrogens (tertiary/aromatic N) is 3. The van der Waals surface area contributed by atoms with Crippen LogP contribution in [0.3, 0.4) is 0 Å². The summed E-state index contributed by atoms with van der Waals surface area (Å²) < 4.78 is 0. The minimum absolute atomic E-state index is 0.0193. The van der Waals surface area contributed by atoms with Crippen molar-refractivity contribution in [2.75, 3.05) is 30.3 Å². The minimum Gasteiger partial charge on any atom is -0.349 e. The zero-order chi connectivity index (χ0) is 14.1. The van der Waals surface area contributed by atoms with Gasteiger partial charge in [-0.3, -0.25) is 4.79 Å². The van der Waals surface area contributed by atoms with Crippen LogP contribution >= 0.6 is 23.4 Å². The van der Waals surface area contributed by atoms with E-state index in [1.54, 1.807) is 18.0 Å². The fourth-order valence-electron chi connectivity index (χ4n) is 2.75. The van der Waals surface area contributed by atoms with E-state index in [1.165, 1.54) is 6.08 Å². The molecule has 1 aromatic heterocycles. The van der Waals surface area contributed by atoms with E-state index < -0.39 is 0 Å². The lowest BCUT2D eigenvalue weighted by molar-refractivity contribution is -0.126. The van der Waals surface area contributed by atoms with Crippen molar-refractivity contribution in [3.63, 3.8) is 0 Å². The quantitative estimate of drug-likeness (QED) is 0.747. The van der Waals surface area contributed by atoms with Gasteiger partial charge in [0.05, 0.1) is 9.92 Å². The van der Waals surface area contributed by atoms with Crippen molar-refractivity contribution in [3.8, 4) is 0 Å². The Morgan fingerprint density at radius 1 is 1.55 bits per heavy atom. The van der Waals surface area contributed by atoms with E-state index in [-0.39, 0.29) is 5.91 Å². The largest absolute Gasteiger partial charge is 0.349 e. The number of anilines is 1. The second kappa shape index (κ2) is 5.66. The second-order valence-electron chi connectivity index (χ2n) is 4.95. The Morgan fingerprint density at radius 3 is 3.20 bits per heavy atom. The van der Waals surface area contributed by atoms with Crippen molar-refractivity contribution in [1.29, 1.82) is 0 Å². The molecule has 3 rings (SSSR count). The topological polar surface area (TPSA) is 36.4 Å². The number of thioether (sulfide) groups is 1. The summed E-state index contributed by atoms with van der Waals surface area (Å²) in [5.41, 5.74) is 0. The van der Waals surface area contributed by atoms with Gasteiger partial charge in [-0.1, -0.05) is 18.2 Å². The average Bonchev–Trinajstić information content (AvgIpc) is 2.64. The zero-order valence-corrected chi connectivity index (χ0v) is 12.7. The normalized spacial score (nSPS) is 21.8. The summed E-state index contributed by atoms with van der Waals surface area (Å²) in [6, 6.07) is 2.31. The summed E-state index contributed by atoms with van der Waals surface area (Å²) in [4.78, 5) is 21.6. The van der Waals surface area contributed by atoms with Crippen LogP contribution in [0.5, 0.6) is 0 Å². The Kier molecular flexibility index (Phi) is 3.89. The molecule has 0 radical (unpaired) electrons. The number of fused-ring (bicyclic) bond motifs is 3. The van der Waals surface area contributed by atoms with Gasteiger partial charge in [0.25, 0.3) is 0 Å². The lowest BCUT2D eigenvalue weighted by Crippen LogP contribution is -2.54. The predicted molar refractivity (Wildman–Crippen MR) is 82.5 cm³/mol. The fourth-order valence-corrected chi connectivity index (χ4v) is 4.09. The van der Waals surface area contributed by atoms with E-state index >= 15 is 0 Å². The number of aromatic nitrogens is 1. The molecule has 20 heavy (non-hydrogen) atoms. The standard InChI is InChI=1S/C14H16ClN3OS/c1-2-13(19)17-4-5-18-11(9-17)3-6-20-12-7-10(15)8-16-14(12)18/h2,7-8,11H,1,3-6,9H2. The van der Waals surface area contributed by atoms with E-state index in [1.807, 2.05) is 11.0 Å². The summed E-state index contributed by atoms with van der Waals surface area (Å²) >= 11 is 7.82. The molecular weight excluding hydrogens is 294 g/mol. The van der Waals surface area contributed by atoms with Crippen LogP contribution in [-0.4, -0.2) is 47.2 Å². The van der Waals surface area contributed by atoms with Gasteiger partial charge in [0, 0.05) is 37.6 Å². The van der Waals surface area contributed by atoms with Crippen molar-refractivity contribution in [1.82, 2.24) is 9.88 Å². The lowest BCUT2D eigenvalue weighted by atomic mass is 10.1. The molecule has 0 aromatic carbocycles. The Morgan fingerprint density at radius 2 is 2.40 bits per heavy atom. The molecule has 2 aliphatic heterocycles. The average molecular weight is 310 g/mol. The molecule has 1 unspecified atom stereocenters. The van der Waals surface area contributed by atoms with Crippen molar-refractivity contribution in [2.45, 2.75) is 17.4 Å². The number of carbonyl (C=O) groups excluding carboxylic acids is 1. The maximum atomic E-state index is 11.8. The van der Waals surface area contributed by atoms with Crippen LogP contribution in [0.2, 0.25) is 5.02 Å². The van der Waals surface area contributed by atoms with Crippen molar-refractivity contribution in [2.24, 2.45) is 0 Å². The van der Waals surface area contributed by atoms with E-state index in [4.69, 9.17) is 11.6 Å². The number of amides is 1. The number of piperazine rings is 1. The van der Waals surface area contributed by atoms with E-state index in [9.17, 15) is 4.79 Å². The molecule has 1 saturated heterocycles. The van der Waals surface area contributed by atoms with Crippen LogP contribution in [-0.2, 0) is 4.79 Å². The van der Waals surface area contributed by atoms with Crippen LogP contribution in [0.1, 0.15) is 6.42 Å². The Bertz CT molecular complexity index is 551. The summed E-state index contributed by atoms with van der Waals surface area (Å²) in [5, 5.41) is 0.676. The Hall–Kier alpha value is -1.20. The Labute approximate surface area is 127 Å². The number of rotatable bonds is 1. The monoisotopic (exact) mass is 309 g/mol. The number of carbonyl (C=O) groups is 1. The molecule has 1 aromatic rings. The smallest absolute Gasteiger partial charge is 0.246 e. The highest BCUT2D eigenvalue weighted by Crippen LogP contribution is 2.37. The van der Waals surface area contributed by atoms with Crippen LogP contribution in [0.25, 0.3) is 0 Å². The first kappa shape index (κ1) is 13.8.